The van der Waals surface area contributed by atoms with Gasteiger partial charge >= 0.3 is 0 Å². The predicted octanol–water partition coefficient (Wildman–Crippen LogP) is 2.78. The van der Waals surface area contributed by atoms with Crippen LogP contribution in [0, 0.1) is 23.7 Å². The van der Waals surface area contributed by atoms with Crippen molar-refractivity contribution in [3.63, 3.8) is 0 Å². The average molecular weight is 239 g/mol. The number of halogens is 2. The van der Waals surface area contributed by atoms with E-state index < -0.39 is 6.04 Å². The van der Waals surface area contributed by atoms with E-state index in [1.807, 2.05) is 0 Å². The molecule has 1 aromatic carbocycles. The van der Waals surface area contributed by atoms with Crippen LogP contribution >= 0.6 is 23.2 Å². The van der Waals surface area contributed by atoms with E-state index in [4.69, 9.17) is 34.9 Å². The molecule has 1 unspecified atom stereocenters. The van der Waals surface area contributed by atoms with Crippen LogP contribution in [0.3, 0.4) is 0 Å². The molecule has 2 nitrogen and oxygen atoms in total. The van der Waals surface area contributed by atoms with E-state index in [0.29, 0.717) is 22.2 Å². The van der Waals surface area contributed by atoms with Gasteiger partial charge < -0.3 is 0 Å². The summed E-state index contributed by atoms with van der Waals surface area (Å²) in [5, 5.41) is 12.8. The van der Waals surface area contributed by atoms with Gasteiger partial charge in [0.25, 0.3) is 0 Å². The van der Waals surface area contributed by atoms with Gasteiger partial charge in [-0.3, -0.25) is 5.32 Å². The van der Waals surface area contributed by atoms with E-state index in [1.54, 1.807) is 18.2 Å². The fourth-order valence-corrected chi connectivity index (χ4v) is 1.53. The van der Waals surface area contributed by atoms with E-state index in [-0.39, 0.29) is 0 Å². The molecule has 15 heavy (non-hydrogen) atoms. The van der Waals surface area contributed by atoms with Crippen molar-refractivity contribution in [1.82, 2.24) is 5.32 Å². The zero-order chi connectivity index (χ0) is 11.3. The summed E-state index contributed by atoms with van der Waals surface area (Å²) >= 11 is 11.8. The van der Waals surface area contributed by atoms with Gasteiger partial charge in [-0.05, 0) is 18.2 Å². The second-order valence-electron chi connectivity index (χ2n) is 2.81. The number of nitrogens with zero attached hydrogens (tertiary/aromatic N) is 1. The molecule has 0 heterocycles. The zero-order valence-electron chi connectivity index (χ0n) is 7.80. The molecule has 1 rings (SSSR count). The minimum absolute atomic E-state index is 0.307. The number of terminal acetylenes is 1. The summed E-state index contributed by atoms with van der Waals surface area (Å²) in [6.07, 6.45) is 5.10. The molecule has 4 heteroatoms. The first-order valence-electron chi connectivity index (χ1n) is 4.20. The van der Waals surface area contributed by atoms with Crippen LogP contribution in [-0.4, -0.2) is 6.54 Å². The third-order valence-electron chi connectivity index (χ3n) is 1.81. The fraction of sp³-hybridized carbons (Fsp3) is 0.182. The predicted molar refractivity (Wildman–Crippen MR) is 61.7 cm³/mol. The summed E-state index contributed by atoms with van der Waals surface area (Å²) in [5.41, 5.74) is 0.641. The van der Waals surface area contributed by atoms with Crippen molar-refractivity contribution >= 4 is 23.2 Å². The molecule has 0 aliphatic rings. The molecule has 0 saturated heterocycles. The normalized spacial score (nSPS) is 11.5. The molecule has 0 aromatic heterocycles. The summed E-state index contributed by atoms with van der Waals surface area (Å²) in [5.74, 6) is 2.40. The Hall–Kier alpha value is -1.19. The van der Waals surface area contributed by atoms with E-state index in [0.717, 1.165) is 0 Å². The lowest BCUT2D eigenvalue weighted by molar-refractivity contribution is 0.691. The molecular formula is C11H8Cl2N2. The van der Waals surface area contributed by atoms with Crippen LogP contribution < -0.4 is 5.32 Å². The molecule has 1 aromatic rings. The van der Waals surface area contributed by atoms with Gasteiger partial charge in [-0.2, -0.15) is 5.26 Å². The third-order valence-corrected chi connectivity index (χ3v) is 2.39. The van der Waals surface area contributed by atoms with Gasteiger partial charge in [-0.1, -0.05) is 29.1 Å². The summed E-state index contributed by atoms with van der Waals surface area (Å²) in [4.78, 5) is 0. The van der Waals surface area contributed by atoms with Crippen LogP contribution in [0.1, 0.15) is 11.6 Å². The van der Waals surface area contributed by atoms with Gasteiger partial charge in [0.05, 0.1) is 12.6 Å². The topological polar surface area (TPSA) is 35.8 Å². The first-order chi connectivity index (χ1) is 7.19. The minimum atomic E-state index is -0.535. The molecule has 0 aliphatic heterocycles. The second kappa shape index (κ2) is 5.63. The number of nitriles is 1. The maximum absolute atomic E-state index is 8.94. The fourth-order valence-electron chi connectivity index (χ4n) is 1.12. The SMILES string of the molecule is C#CCNC(C#N)c1cc(Cl)ccc1Cl. The van der Waals surface area contributed by atoms with Gasteiger partial charge in [-0.25, -0.2) is 0 Å². The second-order valence-corrected chi connectivity index (χ2v) is 3.66. The third kappa shape index (κ3) is 3.15. The summed E-state index contributed by atoms with van der Waals surface area (Å²) in [7, 11) is 0. The minimum Gasteiger partial charge on any atom is -0.287 e. The van der Waals surface area contributed by atoms with E-state index in [1.165, 1.54) is 0 Å². The van der Waals surface area contributed by atoms with Crippen LogP contribution in [0.2, 0.25) is 10.0 Å². The van der Waals surface area contributed by atoms with Crippen molar-refractivity contribution in [2.24, 2.45) is 0 Å². The molecule has 0 spiro atoms. The maximum Gasteiger partial charge on any atom is 0.123 e. The highest BCUT2D eigenvalue weighted by atomic mass is 35.5. The lowest BCUT2D eigenvalue weighted by Crippen LogP contribution is -2.20. The van der Waals surface area contributed by atoms with Crippen molar-refractivity contribution in [2.45, 2.75) is 6.04 Å². The van der Waals surface area contributed by atoms with Crippen LogP contribution in [0.5, 0.6) is 0 Å². The Balaban J connectivity index is 2.97. The smallest absolute Gasteiger partial charge is 0.123 e. The Bertz CT molecular complexity index is 429. The Labute approximate surface area is 98.8 Å². The number of hydrogen-bond donors (Lipinski definition) is 1. The van der Waals surface area contributed by atoms with E-state index in [2.05, 4.69) is 17.3 Å². The van der Waals surface area contributed by atoms with Crippen molar-refractivity contribution in [3.8, 4) is 18.4 Å². The molecule has 0 aliphatic carbocycles. The number of rotatable bonds is 3. The van der Waals surface area contributed by atoms with Gasteiger partial charge in [0, 0.05) is 15.6 Å². The quantitative estimate of drug-likeness (QED) is 0.823. The Morgan fingerprint density at radius 3 is 2.80 bits per heavy atom. The average Bonchev–Trinajstić information content (AvgIpc) is 2.24. The van der Waals surface area contributed by atoms with Crippen LogP contribution in [-0.2, 0) is 0 Å². The lowest BCUT2D eigenvalue weighted by atomic mass is 10.1. The molecule has 0 saturated carbocycles. The van der Waals surface area contributed by atoms with E-state index >= 15 is 0 Å². The van der Waals surface area contributed by atoms with Crippen molar-refractivity contribution < 1.29 is 0 Å². The Kier molecular flexibility index (Phi) is 4.46. The highest BCUT2D eigenvalue weighted by Crippen LogP contribution is 2.25. The zero-order valence-corrected chi connectivity index (χ0v) is 9.31. The highest BCUT2D eigenvalue weighted by Gasteiger charge is 2.13. The number of hydrogen-bond acceptors (Lipinski definition) is 2. The summed E-state index contributed by atoms with van der Waals surface area (Å²) in [6.45, 7) is 0.307. The summed E-state index contributed by atoms with van der Waals surface area (Å²) < 4.78 is 0. The highest BCUT2D eigenvalue weighted by molar-refractivity contribution is 6.33. The summed E-state index contributed by atoms with van der Waals surface area (Å²) in [6, 6.07) is 6.51. The molecule has 1 N–H and O–H groups in total. The largest absolute Gasteiger partial charge is 0.287 e. The van der Waals surface area contributed by atoms with Crippen molar-refractivity contribution in [3.05, 3.63) is 33.8 Å². The number of nitrogens with one attached hydrogen (secondary N) is 1. The lowest BCUT2D eigenvalue weighted by Gasteiger charge is -2.11. The van der Waals surface area contributed by atoms with Gasteiger partial charge in [0.15, 0.2) is 0 Å². The van der Waals surface area contributed by atoms with Crippen LogP contribution in [0.25, 0.3) is 0 Å². The molecule has 0 radical (unpaired) electrons. The molecule has 0 bridgehead atoms. The molecule has 76 valence electrons. The monoisotopic (exact) mass is 238 g/mol. The molecule has 1 atom stereocenters. The van der Waals surface area contributed by atoms with Gasteiger partial charge in [0.2, 0.25) is 0 Å². The first kappa shape index (κ1) is 11.9. The van der Waals surface area contributed by atoms with Crippen LogP contribution in [0.4, 0.5) is 0 Å². The van der Waals surface area contributed by atoms with Crippen molar-refractivity contribution in [2.75, 3.05) is 6.54 Å². The maximum atomic E-state index is 8.94. The van der Waals surface area contributed by atoms with Crippen molar-refractivity contribution in [1.29, 1.82) is 5.26 Å². The van der Waals surface area contributed by atoms with Gasteiger partial charge in [0.1, 0.15) is 6.04 Å². The Morgan fingerprint density at radius 2 is 2.20 bits per heavy atom. The standard InChI is InChI=1S/C11H8Cl2N2/c1-2-5-15-11(7-14)9-6-8(12)3-4-10(9)13/h1,3-4,6,11,15H,5H2. The van der Waals surface area contributed by atoms with Gasteiger partial charge in [-0.15, -0.1) is 6.42 Å². The van der Waals surface area contributed by atoms with E-state index in [9.17, 15) is 0 Å². The van der Waals surface area contributed by atoms with Crippen LogP contribution in [0.15, 0.2) is 18.2 Å². The molecular weight excluding hydrogens is 231 g/mol. The Morgan fingerprint density at radius 1 is 1.47 bits per heavy atom. The molecule has 0 fully saturated rings. The first-order valence-corrected chi connectivity index (χ1v) is 4.96. The molecule has 0 amide bonds. The number of benzene rings is 1.